The monoisotopic (exact) mass is 354 g/mol. The third kappa shape index (κ3) is 2.46. The van der Waals surface area contributed by atoms with E-state index in [1.54, 1.807) is 6.07 Å². The van der Waals surface area contributed by atoms with Gasteiger partial charge in [-0.2, -0.15) is 0 Å². The molecule has 0 radical (unpaired) electrons. The van der Waals surface area contributed by atoms with E-state index in [0.29, 0.717) is 10.2 Å². The summed E-state index contributed by atoms with van der Waals surface area (Å²) in [4.78, 5) is 0.392. The van der Waals surface area contributed by atoms with Crippen LogP contribution in [0.3, 0.4) is 0 Å². The van der Waals surface area contributed by atoms with Crippen LogP contribution in [0.1, 0.15) is 44.1 Å². The molecule has 1 aromatic carbocycles. The summed E-state index contributed by atoms with van der Waals surface area (Å²) >= 11 is 3.93. The van der Waals surface area contributed by atoms with Gasteiger partial charge in [-0.25, -0.2) is 8.78 Å². The van der Waals surface area contributed by atoms with Gasteiger partial charge in [-0.1, -0.05) is 22.0 Å². The molecule has 0 heterocycles. The van der Waals surface area contributed by atoms with E-state index >= 15 is 0 Å². The van der Waals surface area contributed by atoms with E-state index in [-0.39, 0.29) is 0 Å². The fourth-order valence-electron chi connectivity index (χ4n) is 5.65. The van der Waals surface area contributed by atoms with E-state index in [1.807, 2.05) is 0 Å². The van der Waals surface area contributed by atoms with Gasteiger partial charge in [0.25, 0.3) is 0 Å². The lowest BCUT2D eigenvalue weighted by atomic mass is 9.48. The SMILES string of the molecule is Fc1ccc(CC(Br)C23CC4CC(CC(C4)C2)C3)cc1F. The van der Waals surface area contributed by atoms with Crippen LogP contribution in [-0.4, -0.2) is 4.83 Å². The highest BCUT2D eigenvalue weighted by atomic mass is 79.9. The summed E-state index contributed by atoms with van der Waals surface area (Å²) in [5.74, 6) is 1.28. The molecule has 4 fully saturated rings. The average molecular weight is 355 g/mol. The van der Waals surface area contributed by atoms with E-state index < -0.39 is 11.6 Å². The Bertz CT molecular complexity index is 519. The maximum absolute atomic E-state index is 13.4. The van der Waals surface area contributed by atoms with Crippen LogP contribution >= 0.6 is 15.9 Å². The van der Waals surface area contributed by atoms with Gasteiger partial charge in [0.05, 0.1) is 0 Å². The van der Waals surface area contributed by atoms with E-state index in [0.717, 1.165) is 29.7 Å². The summed E-state index contributed by atoms with van der Waals surface area (Å²) in [7, 11) is 0. The molecule has 0 N–H and O–H groups in total. The second kappa shape index (κ2) is 5.04. The quantitative estimate of drug-likeness (QED) is 0.629. The summed E-state index contributed by atoms with van der Waals surface area (Å²) in [6.07, 6.45) is 9.11. The molecule has 3 heteroatoms. The third-order valence-corrected chi connectivity index (χ3v) is 7.44. The van der Waals surface area contributed by atoms with Crippen LogP contribution in [0.2, 0.25) is 0 Å². The largest absolute Gasteiger partial charge is 0.204 e. The zero-order valence-corrected chi connectivity index (χ0v) is 13.7. The van der Waals surface area contributed by atoms with E-state index in [4.69, 9.17) is 0 Å². The zero-order valence-electron chi connectivity index (χ0n) is 12.1. The highest BCUT2D eigenvalue weighted by molar-refractivity contribution is 9.09. The van der Waals surface area contributed by atoms with E-state index in [2.05, 4.69) is 15.9 Å². The zero-order chi connectivity index (χ0) is 14.6. The van der Waals surface area contributed by atoms with Crippen molar-refractivity contribution in [3.05, 3.63) is 35.4 Å². The second-order valence-electron chi connectivity index (χ2n) is 7.70. The molecule has 4 aliphatic rings. The van der Waals surface area contributed by atoms with Gasteiger partial charge >= 0.3 is 0 Å². The second-order valence-corrected chi connectivity index (χ2v) is 8.81. The van der Waals surface area contributed by atoms with Gasteiger partial charge in [0.1, 0.15) is 0 Å². The number of halogens is 3. The lowest BCUT2D eigenvalue weighted by Crippen LogP contribution is -2.50. The Morgan fingerprint density at radius 1 is 1.00 bits per heavy atom. The Morgan fingerprint density at radius 3 is 2.10 bits per heavy atom. The third-order valence-electron chi connectivity index (χ3n) is 6.15. The molecule has 4 aliphatic carbocycles. The topological polar surface area (TPSA) is 0 Å². The first kappa shape index (κ1) is 14.2. The average Bonchev–Trinajstić information content (AvgIpc) is 2.41. The van der Waals surface area contributed by atoms with Crippen LogP contribution in [0.25, 0.3) is 0 Å². The number of hydrogen-bond acceptors (Lipinski definition) is 0. The molecule has 21 heavy (non-hydrogen) atoms. The van der Waals surface area contributed by atoms with Gasteiger partial charge in [0.15, 0.2) is 11.6 Å². The van der Waals surface area contributed by atoms with Crippen molar-refractivity contribution in [1.29, 1.82) is 0 Å². The maximum Gasteiger partial charge on any atom is 0.159 e. The Kier molecular flexibility index (Phi) is 3.40. The van der Waals surface area contributed by atoms with Crippen molar-refractivity contribution in [2.45, 2.75) is 49.8 Å². The summed E-state index contributed by atoms with van der Waals surface area (Å²) in [5, 5.41) is 0. The first-order valence-corrected chi connectivity index (χ1v) is 9.04. The van der Waals surface area contributed by atoms with Crippen LogP contribution in [0.4, 0.5) is 8.78 Å². The molecule has 1 atom stereocenters. The number of benzene rings is 1. The normalized spacial score (nSPS) is 38.7. The van der Waals surface area contributed by atoms with E-state index in [1.165, 1.54) is 50.7 Å². The first-order valence-electron chi connectivity index (χ1n) is 8.12. The molecule has 114 valence electrons. The molecule has 1 unspecified atom stereocenters. The number of hydrogen-bond donors (Lipinski definition) is 0. The summed E-state index contributed by atoms with van der Waals surface area (Å²) in [5.41, 5.74) is 1.31. The molecule has 1 aromatic rings. The van der Waals surface area contributed by atoms with Crippen molar-refractivity contribution >= 4 is 15.9 Å². The van der Waals surface area contributed by atoms with Crippen LogP contribution in [0.5, 0.6) is 0 Å². The summed E-state index contributed by atoms with van der Waals surface area (Å²) in [6, 6.07) is 4.35. The molecule has 0 aromatic heterocycles. The minimum absolute atomic E-state index is 0.392. The van der Waals surface area contributed by atoms with Crippen molar-refractivity contribution < 1.29 is 8.78 Å². The molecule has 5 rings (SSSR count). The molecule has 0 spiro atoms. The van der Waals surface area contributed by atoms with Gasteiger partial charge < -0.3 is 0 Å². The Balaban J connectivity index is 1.54. The van der Waals surface area contributed by atoms with Crippen molar-refractivity contribution in [3.63, 3.8) is 0 Å². The minimum atomic E-state index is -0.750. The van der Waals surface area contributed by atoms with Crippen LogP contribution in [0, 0.1) is 34.8 Å². The molecule has 0 nitrogen and oxygen atoms in total. The maximum atomic E-state index is 13.4. The molecule has 4 bridgehead atoms. The smallest absolute Gasteiger partial charge is 0.159 e. The Morgan fingerprint density at radius 2 is 1.57 bits per heavy atom. The Labute approximate surface area is 133 Å². The standard InChI is InChI=1S/C18H21BrF2/c19-17(7-11-1-2-15(20)16(21)6-11)18-8-12-3-13(9-18)5-14(4-12)10-18/h1-2,6,12-14,17H,3-5,7-10H2. The number of alkyl halides is 1. The van der Waals surface area contributed by atoms with Crippen molar-refractivity contribution in [2.24, 2.45) is 23.2 Å². The predicted octanol–water partition coefficient (Wildman–Crippen LogP) is 5.49. The van der Waals surface area contributed by atoms with Crippen molar-refractivity contribution in [3.8, 4) is 0 Å². The molecule has 0 amide bonds. The van der Waals surface area contributed by atoms with Crippen molar-refractivity contribution in [2.75, 3.05) is 0 Å². The van der Waals surface area contributed by atoms with Gasteiger partial charge in [0.2, 0.25) is 0 Å². The van der Waals surface area contributed by atoms with Gasteiger partial charge in [-0.05, 0) is 85.8 Å². The van der Waals surface area contributed by atoms with Crippen LogP contribution in [0.15, 0.2) is 18.2 Å². The van der Waals surface area contributed by atoms with Crippen LogP contribution < -0.4 is 0 Å². The molecule has 4 saturated carbocycles. The fourth-order valence-corrected chi connectivity index (χ4v) is 6.59. The molecular weight excluding hydrogens is 334 g/mol. The predicted molar refractivity (Wildman–Crippen MR) is 83.4 cm³/mol. The van der Waals surface area contributed by atoms with Crippen LogP contribution in [-0.2, 0) is 6.42 Å². The summed E-state index contributed by atoms with van der Waals surface area (Å²) < 4.78 is 26.5. The highest BCUT2D eigenvalue weighted by Gasteiger charge is 2.53. The molecule has 0 saturated heterocycles. The van der Waals surface area contributed by atoms with Gasteiger partial charge in [0, 0.05) is 4.83 Å². The van der Waals surface area contributed by atoms with E-state index in [9.17, 15) is 8.78 Å². The highest BCUT2D eigenvalue weighted by Crippen LogP contribution is 2.62. The first-order chi connectivity index (χ1) is 10.0. The molecular formula is C18H21BrF2. The fraction of sp³-hybridized carbons (Fsp3) is 0.667. The van der Waals surface area contributed by atoms with Crippen molar-refractivity contribution in [1.82, 2.24) is 0 Å². The van der Waals surface area contributed by atoms with Gasteiger partial charge in [-0.15, -0.1) is 0 Å². The van der Waals surface area contributed by atoms with Gasteiger partial charge in [-0.3, -0.25) is 0 Å². The Hall–Kier alpha value is -0.440. The lowest BCUT2D eigenvalue weighted by Gasteiger charge is -2.58. The lowest BCUT2D eigenvalue weighted by molar-refractivity contribution is -0.0522. The minimum Gasteiger partial charge on any atom is -0.204 e. The molecule has 0 aliphatic heterocycles. The summed E-state index contributed by atoms with van der Waals surface area (Å²) in [6.45, 7) is 0. The number of rotatable bonds is 3.